The van der Waals surface area contributed by atoms with Crippen LogP contribution in [-0.2, 0) is 0 Å². The summed E-state index contributed by atoms with van der Waals surface area (Å²) < 4.78 is 5.10. The van der Waals surface area contributed by atoms with E-state index in [2.05, 4.69) is 9.89 Å². The number of methoxy groups -OCH3 is 1. The van der Waals surface area contributed by atoms with Gasteiger partial charge >= 0.3 is 0 Å². The largest absolute Gasteiger partial charge is 0.504 e. The van der Waals surface area contributed by atoms with Crippen LogP contribution in [0.25, 0.3) is 0 Å². The SMILES string of the molecule is COc1cccc(C=NC[C@H](c2ccccc2Cl)N(C)C)c1O. The van der Waals surface area contributed by atoms with E-state index in [1.54, 1.807) is 18.3 Å². The molecule has 0 saturated heterocycles. The quantitative estimate of drug-likeness (QED) is 0.819. The van der Waals surface area contributed by atoms with Gasteiger partial charge in [0.05, 0.1) is 19.7 Å². The number of hydrogen-bond acceptors (Lipinski definition) is 4. The van der Waals surface area contributed by atoms with Crippen LogP contribution in [0.5, 0.6) is 11.5 Å². The Hall–Kier alpha value is -2.04. The first-order chi connectivity index (χ1) is 11.0. The first-order valence-corrected chi connectivity index (χ1v) is 7.69. The summed E-state index contributed by atoms with van der Waals surface area (Å²) in [6.07, 6.45) is 1.66. The Kier molecular flexibility index (Phi) is 6.02. The molecule has 1 atom stereocenters. The van der Waals surface area contributed by atoms with E-state index in [4.69, 9.17) is 16.3 Å². The van der Waals surface area contributed by atoms with Crippen LogP contribution in [0.4, 0.5) is 0 Å². The van der Waals surface area contributed by atoms with Crippen LogP contribution in [0.1, 0.15) is 17.2 Å². The summed E-state index contributed by atoms with van der Waals surface area (Å²) in [5.41, 5.74) is 1.66. The molecule has 0 saturated carbocycles. The number of aromatic hydroxyl groups is 1. The van der Waals surface area contributed by atoms with Crippen molar-refractivity contribution in [2.75, 3.05) is 27.7 Å². The van der Waals surface area contributed by atoms with Crippen LogP contribution in [0.3, 0.4) is 0 Å². The summed E-state index contributed by atoms with van der Waals surface area (Å²) in [6, 6.07) is 13.1. The molecule has 5 heteroatoms. The normalized spacial score (nSPS) is 12.7. The van der Waals surface area contributed by atoms with Crippen LogP contribution in [0.2, 0.25) is 5.02 Å². The van der Waals surface area contributed by atoms with E-state index in [1.807, 2.05) is 44.4 Å². The van der Waals surface area contributed by atoms with E-state index in [9.17, 15) is 5.11 Å². The van der Waals surface area contributed by atoms with Gasteiger partial charge in [0, 0.05) is 16.8 Å². The molecule has 0 aliphatic heterocycles. The molecule has 0 aromatic heterocycles. The average Bonchev–Trinajstić information content (AvgIpc) is 2.53. The Bertz CT molecular complexity index is 686. The monoisotopic (exact) mass is 332 g/mol. The highest BCUT2D eigenvalue weighted by molar-refractivity contribution is 6.31. The van der Waals surface area contributed by atoms with Crippen molar-refractivity contribution in [1.29, 1.82) is 0 Å². The highest BCUT2D eigenvalue weighted by Crippen LogP contribution is 2.29. The van der Waals surface area contributed by atoms with E-state index in [1.165, 1.54) is 7.11 Å². The molecule has 2 aromatic carbocycles. The zero-order valence-corrected chi connectivity index (χ0v) is 14.3. The molecule has 0 radical (unpaired) electrons. The van der Waals surface area contributed by atoms with Crippen molar-refractivity contribution >= 4 is 17.8 Å². The predicted molar refractivity (Wildman–Crippen MR) is 95.0 cm³/mol. The maximum atomic E-state index is 10.1. The molecule has 0 aliphatic rings. The number of phenols is 1. The van der Waals surface area contributed by atoms with E-state index < -0.39 is 0 Å². The highest BCUT2D eigenvalue weighted by atomic mass is 35.5. The Morgan fingerprint density at radius 3 is 2.61 bits per heavy atom. The maximum Gasteiger partial charge on any atom is 0.166 e. The van der Waals surface area contributed by atoms with Crippen molar-refractivity contribution in [3.05, 3.63) is 58.6 Å². The predicted octanol–water partition coefficient (Wildman–Crippen LogP) is 3.78. The molecule has 0 aliphatic carbocycles. The smallest absolute Gasteiger partial charge is 0.166 e. The van der Waals surface area contributed by atoms with Gasteiger partial charge in [-0.15, -0.1) is 0 Å². The lowest BCUT2D eigenvalue weighted by Gasteiger charge is -2.24. The number of benzene rings is 2. The molecule has 0 spiro atoms. The van der Waals surface area contributed by atoms with Crippen LogP contribution in [0.15, 0.2) is 47.5 Å². The minimum Gasteiger partial charge on any atom is -0.504 e. The van der Waals surface area contributed by atoms with Gasteiger partial charge in [-0.3, -0.25) is 4.99 Å². The lowest BCUT2D eigenvalue weighted by molar-refractivity contribution is 0.307. The fraction of sp³-hybridized carbons (Fsp3) is 0.278. The molecular formula is C18H21ClN2O2. The second-order valence-corrected chi connectivity index (χ2v) is 5.80. The maximum absolute atomic E-state index is 10.1. The van der Waals surface area contributed by atoms with Crippen LogP contribution < -0.4 is 4.74 Å². The van der Waals surface area contributed by atoms with Crippen molar-refractivity contribution in [2.24, 2.45) is 4.99 Å². The number of nitrogens with zero attached hydrogens (tertiary/aromatic N) is 2. The Labute approximate surface area is 142 Å². The summed E-state index contributed by atoms with van der Waals surface area (Å²) in [7, 11) is 5.51. The highest BCUT2D eigenvalue weighted by Gasteiger charge is 2.16. The summed E-state index contributed by atoms with van der Waals surface area (Å²) in [5, 5.41) is 10.8. The molecule has 0 unspecified atom stereocenters. The third kappa shape index (κ3) is 4.24. The fourth-order valence-electron chi connectivity index (χ4n) is 2.34. The number of halogens is 1. The Balaban J connectivity index is 2.18. The minimum atomic E-state index is 0.0627. The first-order valence-electron chi connectivity index (χ1n) is 7.31. The van der Waals surface area contributed by atoms with Gasteiger partial charge in [0.2, 0.25) is 0 Å². The molecule has 2 rings (SSSR count). The van der Waals surface area contributed by atoms with Gasteiger partial charge in [-0.25, -0.2) is 0 Å². The van der Waals surface area contributed by atoms with Crippen molar-refractivity contribution in [3.63, 3.8) is 0 Å². The van der Waals surface area contributed by atoms with Crippen molar-refractivity contribution in [2.45, 2.75) is 6.04 Å². The average molecular weight is 333 g/mol. The topological polar surface area (TPSA) is 45.1 Å². The van der Waals surface area contributed by atoms with Gasteiger partial charge in [0.1, 0.15) is 0 Å². The molecule has 2 aromatic rings. The Morgan fingerprint density at radius 2 is 1.96 bits per heavy atom. The fourth-order valence-corrected chi connectivity index (χ4v) is 2.61. The van der Waals surface area contributed by atoms with Crippen molar-refractivity contribution in [1.82, 2.24) is 4.90 Å². The second-order valence-electron chi connectivity index (χ2n) is 5.39. The van der Waals surface area contributed by atoms with E-state index in [-0.39, 0.29) is 11.8 Å². The molecule has 0 heterocycles. The summed E-state index contributed by atoms with van der Waals surface area (Å²) >= 11 is 6.29. The van der Waals surface area contributed by atoms with Crippen LogP contribution in [0, 0.1) is 0 Å². The summed E-state index contributed by atoms with van der Waals surface area (Å²) in [5.74, 6) is 0.530. The number of likely N-dealkylation sites (N-methyl/N-ethyl adjacent to an activating group) is 1. The van der Waals surface area contributed by atoms with E-state index in [0.29, 0.717) is 17.9 Å². The zero-order chi connectivity index (χ0) is 16.8. The lowest BCUT2D eigenvalue weighted by atomic mass is 10.1. The van der Waals surface area contributed by atoms with Gasteiger partial charge in [0.15, 0.2) is 11.5 Å². The van der Waals surface area contributed by atoms with E-state index in [0.717, 1.165) is 10.6 Å². The zero-order valence-electron chi connectivity index (χ0n) is 13.5. The molecule has 23 heavy (non-hydrogen) atoms. The lowest BCUT2D eigenvalue weighted by Crippen LogP contribution is -2.23. The molecule has 4 nitrogen and oxygen atoms in total. The number of para-hydroxylation sites is 1. The number of hydrogen-bond donors (Lipinski definition) is 1. The summed E-state index contributed by atoms with van der Waals surface area (Å²) in [6.45, 7) is 0.535. The molecule has 0 amide bonds. The Morgan fingerprint density at radius 1 is 1.22 bits per heavy atom. The third-order valence-electron chi connectivity index (χ3n) is 3.65. The van der Waals surface area contributed by atoms with Crippen LogP contribution in [-0.4, -0.2) is 44.0 Å². The molecular weight excluding hydrogens is 312 g/mol. The number of phenolic OH excluding ortho intramolecular Hbond substituents is 1. The van der Waals surface area contributed by atoms with Crippen molar-refractivity contribution in [3.8, 4) is 11.5 Å². The first kappa shape index (κ1) is 17.3. The standard InChI is InChI=1S/C18H21ClN2O2/c1-21(2)16(14-8-4-5-9-15(14)19)12-20-11-13-7-6-10-17(23-3)18(13)22/h4-11,16,22H,12H2,1-3H3/t16-/m1/s1. The number of aliphatic imine (C=N–C) groups is 1. The summed E-state index contributed by atoms with van der Waals surface area (Å²) in [4.78, 5) is 6.55. The van der Waals surface area contributed by atoms with Gasteiger partial charge < -0.3 is 14.7 Å². The second kappa shape index (κ2) is 7.99. The van der Waals surface area contributed by atoms with E-state index >= 15 is 0 Å². The van der Waals surface area contributed by atoms with Gasteiger partial charge in [-0.2, -0.15) is 0 Å². The molecule has 0 fully saturated rings. The molecule has 1 N–H and O–H groups in total. The van der Waals surface area contributed by atoms with Gasteiger partial charge in [-0.05, 0) is 37.9 Å². The third-order valence-corrected chi connectivity index (χ3v) is 3.99. The number of rotatable bonds is 6. The molecule has 0 bridgehead atoms. The van der Waals surface area contributed by atoms with Crippen LogP contribution >= 0.6 is 11.6 Å². The minimum absolute atomic E-state index is 0.0627. The van der Waals surface area contributed by atoms with Crippen molar-refractivity contribution < 1.29 is 9.84 Å². The van der Waals surface area contributed by atoms with Gasteiger partial charge in [0.25, 0.3) is 0 Å². The number of ether oxygens (including phenoxy) is 1. The van der Waals surface area contributed by atoms with Gasteiger partial charge in [-0.1, -0.05) is 35.9 Å². The molecule has 122 valence electrons.